The lowest BCUT2D eigenvalue weighted by atomic mass is 9.84. The Labute approximate surface area is 133 Å². The number of hydrogen-bond acceptors (Lipinski definition) is 1. The molecule has 2 rings (SSSR count). The molecule has 20 heavy (non-hydrogen) atoms. The molecule has 1 aliphatic rings. The highest BCUT2D eigenvalue weighted by Gasteiger charge is 2.17. The predicted molar refractivity (Wildman–Crippen MR) is 88.7 cm³/mol. The molecule has 1 fully saturated rings. The van der Waals surface area contributed by atoms with Crippen molar-refractivity contribution in [3.63, 3.8) is 0 Å². The molecule has 1 unspecified atom stereocenters. The van der Waals surface area contributed by atoms with Crippen molar-refractivity contribution in [2.24, 2.45) is 5.92 Å². The van der Waals surface area contributed by atoms with E-state index in [2.05, 4.69) is 18.3 Å². The summed E-state index contributed by atoms with van der Waals surface area (Å²) in [6.07, 6.45) is 9.61. The summed E-state index contributed by atoms with van der Waals surface area (Å²) in [6.45, 7) is 3.14. The van der Waals surface area contributed by atoms with Gasteiger partial charge in [0.05, 0.1) is 10.0 Å². The van der Waals surface area contributed by atoms with E-state index in [1.165, 1.54) is 50.5 Å². The fraction of sp³-hybridized carbons (Fsp3) is 0.647. The van der Waals surface area contributed by atoms with Gasteiger partial charge in [0.25, 0.3) is 0 Å². The summed E-state index contributed by atoms with van der Waals surface area (Å²) in [4.78, 5) is 0. The van der Waals surface area contributed by atoms with E-state index in [1.807, 2.05) is 12.1 Å². The monoisotopic (exact) mass is 313 g/mol. The summed E-state index contributed by atoms with van der Waals surface area (Å²) in [5, 5.41) is 4.88. The smallest absolute Gasteiger partial charge is 0.0595 e. The standard InChI is InChI=1S/C17H25Cl2N/c1-2-20-17(11-8-13-6-4-3-5-7-13)14-9-10-15(18)16(19)12-14/h9-10,12-13,17,20H,2-8,11H2,1H3. The molecule has 0 bridgehead atoms. The molecule has 3 heteroatoms. The van der Waals surface area contributed by atoms with Gasteiger partial charge in [-0.3, -0.25) is 0 Å². The molecule has 0 heterocycles. The maximum absolute atomic E-state index is 6.15. The average molecular weight is 314 g/mol. The minimum atomic E-state index is 0.400. The highest BCUT2D eigenvalue weighted by Crippen LogP contribution is 2.32. The molecule has 0 aliphatic heterocycles. The van der Waals surface area contributed by atoms with Crippen molar-refractivity contribution in [1.82, 2.24) is 5.32 Å². The van der Waals surface area contributed by atoms with Gasteiger partial charge in [-0.1, -0.05) is 68.3 Å². The number of hydrogen-bond donors (Lipinski definition) is 1. The van der Waals surface area contributed by atoms with Gasteiger partial charge in [-0.05, 0) is 43.0 Å². The van der Waals surface area contributed by atoms with Crippen LogP contribution in [0.5, 0.6) is 0 Å². The quantitative estimate of drug-likeness (QED) is 0.678. The maximum atomic E-state index is 6.15. The van der Waals surface area contributed by atoms with E-state index < -0.39 is 0 Å². The summed E-state index contributed by atoms with van der Waals surface area (Å²) in [7, 11) is 0. The van der Waals surface area contributed by atoms with Gasteiger partial charge in [0.1, 0.15) is 0 Å². The molecule has 0 aromatic heterocycles. The summed E-state index contributed by atoms with van der Waals surface area (Å²) in [5.74, 6) is 0.924. The van der Waals surface area contributed by atoms with Gasteiger partial charge in [0.2, 0.25) is 0 Å². The predicted octanol–water partition coefficient (Wildman–Crippen LogP) is 6.00. The van der Waals surface area contributed by atoms with Crippen LogP contribution in [0.3, 0.4) is 0 Å². The van der Waals surface area contributed by atoms with Crippen molar-refractivity contribution in [1.29, 1.82) is 0 Å². The van der Waals surface area contributed by atoms with Gasteiger partial charge >= 0.3 is 0 Å². The van der Waals surface area contributed by atoms with Crippen LogP contribution < -0.4 is 5.32 Å². The first-order valence-electron chi connectivity index (χ1n) is 7.89. The van der Waals surface area contributed by atoms with Gasteiger partial charge < -0.3 is 5.32 Å². The number of nitrogens with one attached hydrogen (secondary N) is 1. The SMILES string of the molecule is CCNC(CCC1CCCCC1)c1ccc(Cl)c(Cl)c1. The van der Waals surface area contributed by atoms with Crippen molar-refractivity contribution in [3.8, 4) is 0 Å². The van der Waals surface area contributed by atoms with E-state index in [0.717, 1.165) is 12.5 Å². The van der Waals surface area contributed by atoms with Crippen molar-refractivity contribution >= 4 is 23.2 Å². The molecule has 1 aromatic rings. The number of benzene rings is 1. The van der Waals surface area contributed by atoms with Crippen LogP contribution >= 0.6 is 23.2 Å². The molecule has 0 radical (unpaired) electrons. The highest BCUT2D eigenvalue weighted by molar-refractivity contribution is 6.42. The summed E-state index contributed by atoms with van der Waals surface area (Å²) in [6, 6.07) is 6.42. The Bertz CT molecular complexity index is 413. The van der Waals surface area contributed by atoms with Crippen LogP contribution in [0.1, 0.15) is 63.5 Å². The first-order valence-corrected chi connectivity index (χ1v) is 8.64. The van der Waals surface area contributed by atoms with E-state index in [-0.39, 0.29) is 0 Å². The van der Waals surface area contributed by atoms with E-state index in [9.17, 15) is 0 Å². The molecular formula is C17H25Cl2N. The molecule has 1 aromatic carbocycles. The fourth-order valence-electron chi connectivity index (χ4n) is 3.24. The second-order valence-electron chi connectivity index (χ2n) is 5.87. The zero-order chi connectivity index (χ0) is 14.4. The summed E-state index contributed by atoms with van der Waals surface area (Å²) in [5.41, 5.74) is 1.26. The molecular weight excluding hydrogens is 289 g/mol. The van der Waals surface area contributed by atoms with Crippen molar-refractivity contribution in [2.75, 3.05) is 6.54 Å². The van der Waals surface area contributed by atoms with Crippen LogP contribution in [0.15, 0.2) is 18.2 Å². The van der Waals surface area contributed by atoms with Gasteiger partial charge in [-0.15, -0.1) is 0 Å². The molecule has 1 nitrogen and oxygen atoms in total. The minimum absolute atomic E-state index is 0.400. The lowest BCUT2D eigenvalue weighted by molar-refractivity contribution is 0.315. The largest absolute Gasteiger partial charge is 0.310 e. The molecule has 1 N–H and O–H groups in total. The van der Waals surface area contributed by atoms with E-state index in [1.54, 1.807) is 0 Å². The third kappa shape index (κ3) is 4.65. The molecule has 0 saturated heterocycles. The van der Waals surface area contributed by atoms with Crippen LogP contribution in [0.4, 0.5) is 0 Å². The van der Waals surface area contributed by atoms with Crippen LogP contribution in [0.25, 0.3) is 0 Å². The molecule has 1 saturated carbocycles. The number of halogens is 2. The van der Waals surface area contributed by atoms with Gasteiger partial charge in [0.15, 0.2) is 0 Å². The zero-order valence-electron chi connectivity index (χ0n) is 12.3. The van der Waals surface area contributed by atoms with Crippen molar-refractivity contribution in [3.05, 3.63) is 33.8 Å². The topological polar surface area (TPSA) is 12.0 Å². The Balaban J connectivity index is 1.96. The Kier molecular flexibility index (Phi) is 6.67. The number of rotatable bonds is 6. The maximum Gasteiger partial charge on any atom is 0.0595 e. The van der Waals surface area contributed by atoms with E-state index in [0.29, 0.717) is 16.1 Å². The second-order valence-corrected chi connectivity index (χ2v) is 6.68. The Morgan fingerprint density at radius 3 is 2.55 bits per heavy atom. The van der Waals surface area contributed by atoms with Crippen LogP contribution in [0, 0.1) is 5.92 Å². The lowest BCUT2D eigenvalue weighted by Crippen LogP contribution is -2.22. The normalized spacial score (nSPS) is 18.1. The van der Waals surface area contributed by atoms with Gasteiger partial charge in [0, 0.05) is 6.04 Å². The van der Waals surface area contributed by atoms with Crippen molar-refractivity contribution in [2.45, 2.75) is 57.9 Å². The lowest BCUT2D eigenvalue weighted by Gasteiger charge is -2.25. The third-order valence-corrected chi connectivity index (χ3v) is 5.12. The fourth-order valence-corrected chi connectivity index (χ4v) is 3.55. The third-order valence-electron chi connectivity index (χ3n) is 4.38. The Morgan fingerprint density at radius 2 is 1.90 bits per heavy atom. The summed E-state index contributed by atoms with van der Waals surface area (Å²) >= 11 is 12.2. The average Bonchev–Trinajstić information content (AvgIpc) is 2.47. The van der Waals surface area contributed by atoms with Crippen LogP contribution in [-0.2, 0) is 0 Å². The van der Waals surface area contributed by atoms with E-state index >= 15 is 0 Å². The molecule has 0 spiro atoms. The molecule has 1 aliphatic carbocycles. The van der Waals surface area contributed by atoms with E-state index in [4.69, 9.17) is 23.2 Å². The zero-order valence-corrected chi connectivity index (χ0v) is 13.8. The molecule has 1 atom stereocenters. The molecule has 0 amide bonds. The van der Waals surface area contributed by atoms with Gasteiger partial charge in [-0.2, -0.15) is 0 Å². The minimum Gasteiger partial charge on any atom is -0.310 e. The Morgan fingerprint density at radius 1 is 1.15 bits per heavy atom. The van der Waals surface area contributed by atoms with Crippen LogP contribution in [-0.4, -0.2) is 6.54 Å². The molecule has 112 valence electrons. The first-order chi connectivity index (χ1) is 9.70. The highest BCUT2D eigenvalue weighted by atomic mass is 35.5. The summed E-state index contributed by atoms with van der Waals surface area (Å²) < 4.78 is 0. The van der Waals surface area contributed by atoms with Crippen LogP contribution in [0.2, 0.25) is 10.0 Å². The second kappa shape index (κ2) is 8.26. The van der Waals surface area contributed by atoms with Crippen molar-refractivity contribution < 1.29 is 0 Å². The van der Waals surface area contributed by atoms with Gasteiger partial charge in [-0.25, -0.2) is 0 Å². The Hall–Kier alpha value is -0.240. The first kappa shape index (κ1) is 16.1.